The predicted octanol–water partition coefficient (Wildman–Crippen LogP) is 2.87. The SMILES string of the molecule is CC(C)Cc1nc(CSc2nc3ccsc3c(=O)n2C)no1. The molecule has 0 amide bonds. The molecule has 0 saturated carbocycles. The summed E-state index contributed by atoms with van der Waals surface area (Å²) in [4.78, 5) is 21.1. The lowest BCUT2D eigenvalue weighted by Gasteiger charge is -2.05. The van der Waals surface area contributed by atoms with E-state index >= 15 is 0 Å². The molecule has 0 radical (unpaired) electrons. The summed E-state index contributed by atoms with van der Waals surface area (Å²) in [6.07, 6.45) is 0.773. The third-order valence-electron chi connectivity index (χ3n) is 3.07. The highest BCUT2D eigenvalue weighted by atomic mass is 32.2. The van der Waals surface area contributed by atoms with Gasteiger partial charge in [-0.2, -0.15) is 4.98 Å². The van der Waals surface area contributed by atoms with Crippen molar-refractivity contribution >= 4 is 33.3 Å². The van der Waals surface area contributed by atoms with E-state index in [1.165, 1.54) is 23.1 Å². The average molecular weight is 336 g/mol. The standard InChI is InChI=1S/C14H16N4O2S2/c1-8(2)6-11-16-10(17-20-11)7-22-14-15-9-4-5-21-12(9)13(19)18(14)3/h4-5,8H,6-7H2,1-3H3. The molecule has 6 nitrogen and oxygen atoms in total. The van der Waals surface area contributed by atoms with E-state index in [2.05, 4.69) is 29.0 Å². The van der Waals surface area contributed by atoms with Gasteiger partial charge in [0.05, 0.1) is 11.3 Å². The van der Waals surface area contributed by atoms with Gasteiger partial charge in [-0.1, -0.05) is 30.8 Å². The van der Waals surface area contributed by atoms with Crippen molar-refractivity contribution in [3.63, 3.8) is 0 Å². The Labute approximate surface area is 135 Å². The Balaban J connectivity index is 1.77. The summed E-state index contributed by atoms with van der Waals surface area (Å²) in [5, 5.41) is 6.51. The maximum atomic E-state index is 12.2. The van der Waals surface area contributed by atoms with Crippen LogP contribution in [0.2, 0.25) is 0 Å². The van der Waals surface area contributed by atoms with Gasteiger partial charge < -0.3 is 4.52 Å². The van der Waals surface area contributed by atoms with Gasteiger partial charge >= 0.3 is 0 Å². The van der Waals surface area contributed by atoms with E-state index in [-0.39, 0.29) is 5.56 Å². The number of hydrogen-bond acceptors (Lipinski definition) is 7. The van der Waals surface area contributed by atoms with Crippen molar-refractivity contribution in [2.24, 2.45) is 13.0 Å². The van der Waals surface area contributed by atoms with Gasteiger partial charge in [-0.15, -0.1) is 11.3 Å². The number of fused-ring (bicyclic) bond motifs is 1. The molecule has 0 N–H and O–H groups in total. The van der Waals surface area contributed by atoms with Crippen LogP contribution in [0.15, 0.2) is 25.9 Å². The second kappa shape index (κ2) is 6.21. The highest BCUT2D eigenvalue weighted by Crippen LogP contribution is 2.22. The van der Waals surface area contributed by atoms with Crippen LogP contribution >= 0.6 is 23.1 Å². The fourth-order valence-electron chi connectivity index (χ4n) is 2.01. The summed E-state index contributed by atoms with van der Waals surface area (Å²) >= 11 is 2.85. The van der Waals surface area contributed by atoms with Crippen LogP contribution < -0.4 is 5.56 Å². The maximum absolute atomic E-state index is 12.2. The summed E-state index contributed by atoms with van der Waals surface area (Å²) in [6, 6.07) is 1.86. The van der Waals surface area contributed by atoms with Crippen LogP contribution in [0.3, 0.4) is 0 Å². The van der Waals surface area contributed by atoms with E-state index in [1.807, 2.05) is 11.4 Å². The Morgan fingerprint density at radius 1 is 1.41 bits per heavy atom. The first kappa shape index (κ1) is 15.2. The molecular formula is C14H16N4O2S2. The van der Waals surface area contributed by atoms with Crippen molar-refractivity contribution in [1.82, 2.24) is 19.7 Å². The van der Waals surface area contributed by atoms with E-state index in [0.29, 0.717) is 33.2 Å². The van der Waals surface area contributed by atoms with Crippen molar-refractivity contribution in [1.29, 1.82) is 0 Å². The van der Waals surface area contributed by atoms with Gasteiger partial charge in [-0.05, 0) is 17.4 Å². The third kappa shape index (κ3) is 3.07. The molecule has 0 aliphatic heterocycles. The van der Waals surface area contributed by atoms with Gasteiger partial charge in [0, 0.05) is 13.5 Å². The van der Waals surface area contributed by atoms with Gasteiger partial charge in [-0.3, -0.25) is 9.36 Å². The Morgan fingerprint density at radius 3 is 3.00 bits per heavy atom. The van der Waals surface area contributed by atoms with Crippen molar-refractivity contribution in [2.75, 3.05) is 0 Å². The molecule has 3 aromatic rings. The molecule has 0 unspecified atom stereocenters. The highest BCUT2D eigenvalue weighted by molar-refractivity contribution is 7.98. The first-order chi connectivity index (χ1) is 10.5. The fraction of sp³-hybridized carbons (Fsp3) is 0.429. The molecule has 0 bridgehead atoms. The zero-order chi connectivity index (χ0) is 15.7. The molecule has 0 atom stereocenters. The van der Waals surface area contributed by atoms with Crippen molar-refractivity contribution in [3.8, 4) is 0 Å². The summed E-state index contributed by atoms with van der Waals surface area (Å²) in [7, 11) is 1.73. The van der Waals surface area contributed by atoms with Crippen LogP contribution in [0.25, 0.3) is 10.2 Å². The zero-order valence-corrected chi connectivity index (χ0v) is 14.2. The molecule has 3 aromatic heterocycles. The largest absolute Gasteiger partial charge is 0.339 e. The van der Waals surface area contributed by atoms with Gasteiger partial charge in [0.15, 0.2) is 11.0 Å². The Morgan fingerprint density at radius 2 is 2.23 bits per heavy atom. The minimum absolute atomic E-state index is 0.0175. The summed E-state index contributed by atoms with van der Waals surface area (Å²) in [5.74, 6) is 2.28. The summed E-state index contributed by atoms with van der Waals surface area (Å²) in [6.45, 7) is 4.21. The van der Waals surface area contributed by atoms with Crippen LogP contribution in [0.1, 0.15) is 25.6 Å². The van der Waals surface area contributed by atoms with Crippen LogP contribution in [0.4, 0.5) is 0 Å². The molecule has 0 saturated heterocycles. The lowest BCUT2D eigenvalue weighted by molar-refractivity contribution is 0.360. The second-order valence-electron chi connectivity index (χ2n) is 5.38. The lowest BCUT2D eigenvalue weighted by atomic mass is 10.1. The summed E-state index contributed by atoms with van der Waals surface area (Å²) < 4.78 is 7.47. The molecular weight excluding hydrogens is 320 g/mol. The first-order valence-corrected chi connectivity index (χ1v) is 8.79. The summed E-state index contributed by atoms with van der Waals surface area (Å²) in [5.41, 5.74) is 0.723. The van der Waals surface area contributed by atoms with Crippen molar-refractivity contribution < 1.29 is 4.52 Å². The molecule has 0 spiro atoms. The quantitative estimate of drug-likeness (QED) is 0.527. The number of aromatic nitrogens is 4. The Bertz CT molecular complexity index is 850. The minimum Gasteiger partial charge on any atom is -0.339 e. The molecule has 8 heteroatoms. The number of nitrogens with zero attached hydrogens (tertiary/aromatic N) is 4. The second-order valence-corrected chi connectivity index (χ2v) is 7.24. The van der Waals surface area contributed by atoms with Gasteiger partial charge in [0.2, 0.25) is 5.89 Å². The number of hydrogen-bond donors (Lipinski definition) is 0. The molecule has 0 aliphatic carbocycles. The predicted molar refractivity (Wildman–Crippen MR) is 87.3 cm³/mol. The smallest absolute Gasteiger partial charge is 0.271 e. The van der Waals surface area contributed by atoms with E-state index in [4.69, 9.17) is 4.52 Å². The molecule has 0 aliphatic rings. The van der Waals surface area contributed by atoms with Gasteiger partial charge in [0.25, 0.3) is 5.56 Å². The topological polar surface area (TPSA) is 73.8 Å². The lowest BCUT2D eigenvalue weighted by Crippen LogP contribution is -2.18. The molecule has 116 valence electrons. The van der Waals surface area contributed by atoms with Crippen LogP contribution in [-0.2, 0) is 19.2 Å². The number of thioether (sulfide) groups is 1. The van der Waals surface area contributed by atoms with Gasteiger partial charge in [-0.25, -0.2) is 4.98 Å². The Kier molecular flexibility index (Phi) is 4.30. The maximum Gasteiger partial charge on any atom is 0.271 e. The van der Waals surface area contributed by atoms with Crippen LogP contribution in [0, 0.1) is 5.92 Å². The van der Waals surface area contributed by atoms with E-state index in [0.717, 1.165) is 11.9 Å². The molecule has 22 heavy (non-hydrogen) atoms. The van der Waals surface area contributed by atoms with E-state index in [1.54, 1.807) is 11.6 Å². The minimum atomic E-state index is -0.0175. The van der Waals surface area contributed by atoms with Crippen molar-refractivity contribution in [2.45, 2.75) is 31.2 Å². The number of rotatable bonds is 5. The third-order valence-corrected chi connectivity index (χ3v) is 4.99. The fourth-order valence-corrected chi connectivity index (χ4v) is 3.63. The highest BCUT2D eigenvalue weighted by Gasteiger charge is 2.12. The first-order valence-electron chi connectivity index (χ1n) is 6.93. The normalized spacial score (nSPS) is 11.6. The average Bonchev–Trinajstić information content (AvgIpc) is 3.09. The molecule has 0 aromatic carbocycles. The van der Waals surface area contributed by atoms with E-state index in [9.17, 15) is 4.79 Å². The number of thiophene rings is 1. The molecule has 3 heterocycles. The zero-order valence-electron chi connectivity index (χ0n) is 12.6. The molecule has 0 fully saturated rings. The monoisotopic (exact) mass is 336 g/mol. The Hall–Kier alpha value is -1.67. The molecule has 3 rings (SSSR count). The van der Waals surface area contributed by atoms with Gasteiger partial charge in [0.1, 0.15) is 4.70 Å². The van der Waals surface area contributed by atoms with E-state index < -0.39 is 0 Å². The van der Waals surface area contributed by atoms with Crippen LogP contribution in [-0.4, -0.2) is 19.7 Å². The van der Waals surface area contributed by atoms with Crippen LogP contribution in [0.5, 0.6) is 0 Å². The van der Waals surface area contributed by atoms with Crippen molar-refractivity contribution in [3.05, 3.63) is 33.5 Å².